The normalized spacial score (nSPS) is 11.9. The van der Waals surface area contributed by atoms with Gasteiger partial charge in [0, 0.05) is 18.6 Å². The third-order valence-corrected chi connectivity index (χ3v) is 4.56. The summed E-state index contributed by atoms with van der Waals surface area (Å²) in [5, 5.41) is 2.54. The number of rotatable bonds is 6. The van der Waals surface area contributed by atoms with Crippen LogP contribution in [0, 0.1) is 18.6 Å². The van der Waals surface area contributed by atoms with Crippen LogP contribution in [-0.2, 0) is 27.3 Å². The Morgan fingerprint density at radius 3 is 2.50 bits per heavy atom. The minimum atomic E-state index is -1.17. The van der Waals surface area contributed by atoms with E-state index < -0.39 is 41.7 Å². The quantitative estimate of drug-likeness (QED) is 0.621. The second kappa shape index (κ2) is 8.81. The molecular weight excluding hydrogens is 396 g/mol. The van der Waals surface area contributed by atoms with Crippen molar-refractivity contribution < 1.29 is 23.1 Å². The van der Waals surface area contributed by atoms with Gasteiger partial charge in [0.05, 0.1) is 18.1 Å². The van der Waals surface area contributed by atoms with E-state index in [9.17, 15) is 23.2 Å². The Morgan fingerprint density at radius 2 is 1.83 bits per heavy atom. The zero-order valence-electron chi connectivity index (χ0n) is 16.3. The summed E-state index contributed by atoms with van der Waals surface area (Å²) in [6, 6.07) is 9.69. The smallest absolute Gasteiger partial charge is 0.328 e. The van der Waals surface area contributed by atoms with E-state index in [-0.39, 0.29) is 23.1 Å². The first kappa shape index (κ1) is 21.1. The molecule has 0 unspecified atom stereocenters. The third-order valence-electron chi connectivity index (χ3n) is 4.56. The first-order valence-electron chi connectivity index (χ1n) is 9.07. The molecule has 1 aromatic heterocycles. The highest BCUT2D eigenvalue weighted by Gasteiger charge is 2.23. The Labute approximate surface area is 170 Å². The average Bonchev–Trinajstić information content (AvgIpc) is 2.73. The number of nitrogens with zero attached hydrogens (tertiary/aromatic N) is 2. The van der Waals surface area contributed by atoms with E-state index in [1.54, 1.807) is 24.3 Å². The fourth-order valence-electron chi connectivity index (χ4n) is 3.09. The Balaban J connectivity index is 1.89. The summed E-state index contributed by atoms with van der Waals surface area (Å²) in [4.78, 5) is 41.2. The van der Waals surface area contributed by atoms with E-state index in [0.717, 1.165) is 22.3 Å². The molecule has 0 aliphatic rings. The Hall–Kier alpha value is -3.62. The molecule has 0 saturated carbocycles. The molecule has 1 amide bonds. The van der Waals surface area contributed by atoms with Crippen molar-refractivity contribution in [2.24, 2.45) is 0 Å². The summed E-state index contributed by atoms with van der Waals surface area (Å²) in [5.74, 6) is -3.60. The lowest BCUT2D eigenvalue weighted by Gasteiger charge is -2.18. The first-order valence-corrected chi connectivity index (χ1v) is 9.07. The fourth-order valence-corrected chi connectivity index (χ4v) is 3.09. The Morgan fingerprint density at radius 1 is 1.17 bits per heavy atom. The van der Waals surface area contributed by atoms with E-state index in [4.69, 9.17) is 4.74 Å². The van der Waals surface area contributed by atoms with Crippen LogP contribution >= 0.6 is 0 Å². The lowest BCUT2D eigenvalue weighted by atomic mass is 10.1. The lowest BCUT2D eigenvalue weighted by molar-refractivity contribution is -0.145. The standard InChI is InChI=1S/C21H19F2N3O4/c1-12-20(28)26(18-10-15(23)14(22)9-16(18)24-12)11-19(27)25-17(21(29)30-2)8-13-6-4-3-5-7-13/h3-7,9-10,17H,8,11H2,1-2H3,(H,25,27)/t17-/m0/s1. The average molecular weight is 415 g/mol. The zero-order valence-corrected chi connectivity index (χ0v) is 16.3. The molecule has 0 radical (unpaired) electrons. The van der Waals surface area contributed by atoms with E-state index in [1.165, 1.54) is 14.0 Å². The number of ether oxygens (including phenoxy) is 1. The molecule has 0 fully saturated rings. The highest BCUT2D eigenvalue weighted by atomic mass is 19.2. The number of aryl methyl sites for hydroxylation is 1. The summed E-state index contributed by atoms with van der Waals surface area (Å²) < 4.78 is 33.0. The number of hydrogen-bond acceptors (Lipinski definition) is 5. The van der Waals surface area contributed by atoms with E-state index in [1.807, 2.05) is 6.07 Å². The van der Waals surface area contributed by atoms with Gasteiger partial charge in [0.25, 0.3) is 5.56 Å². The van der Waals surface area contributed by atoms with Crippen molar-refractivity contribution in [2.75, 3.05) is 7.11 Å². The van der Waals surface area contributed by atoms with E-state index in [0.29, 0.717) is 0 Å². The maximum atomic E-state index is 13.7. The Bertz CT molecular complexity index is 1160. The van der Waals surface area contributed by atoms with Gasteiger partial charge in [0.2, 0.25) is 5.91 Å². The molecule has 0 bridgehead atoms. The second-order valence-corrected chi connectivity index (χ2v) is 6.68. The van der Waals surface area contributed by atoms with Crippen molar-refractivity contribution in [1.29, 1.82) is 0 Å². The number of fused-ring (bicyclic) bond motifs is 1. The molecule has 0 aliphatic carbocycles. The molecule has 30 heavy (non-hydrogen) atoms. The maximum Gasteiger partial charge on any atom is 0.328 e. The van der Waals surface area contributed by atoms with Crippen molar-refractivity contribution in [3.05, 3.63) is 75.7 Å². The van der Waals surface area contributed by atoms with Crippen molar-refractivity contribution in [1.82, 2.24) is 14.9 Å². The van der Waals surface area contributed by atoms with Crippen LogP contribution in [0.15, 0.2) is 47.3 Å². The maximum absolute atomic E-state index is 13.7. The molecule has 3 aromatic rings. The molecule has 3 rings (SSSR count). The SMILES string of the molecule is COC(=O)[C@H](Cc1ccccc1)NC(=O)Cn1c(=O)c(C)nc2cc(F)c(F)cc21. The highest BCUT2D eigenvalue weighted by Crippen LogP contribution is 2.16. The minimum Gasteiger partial charge on any atom is -0.467 e. The number of benzene rings is 2. The lowest BCUT2D eigenvalue weighted by Crippen LogP contribution is -2.45. The van der Waals surface area contributed by atoms with Gasteiger partial charge in [-0.15, -0.1) is 0 Å². The molecule has 0 aliphatic heterocycles. The molecule has 1 N–H and O–H groups in total. The van der Waals surface area contributed by atoms with Gasteiger partial charge in [-0.2, -0.15) is 0 Å². The number of methoxy groups -OCH3 is 1. The van der Waals surface area contributed by atoms with Crippen LogP contribution in [0.25, 0.3) is 11.0 Å². The van der Waals surface area contributed by atoms with Gasteiger partial charge in [-0.1, -0.05) is 30.3 Å². The molecule has 7 nitrogen and oxygen atoms in total. The monoisotopic (exact) mass is 415 g/mol. The van der Waals surface area contributed by atoms with Crippen LogP contribution in [0.5, 0.6) is 0 Å². The van der Waals surface area contributed by atoms with Crippen molar-refractivity contribution in [3.63, 3.8) is 0 Å². The van der Waals surface area contributed by atoms with Crippen LogP contribution in [0.4, 0.5) is 8.78 Å². The molecular formula is C21H19F2N3O4. The number of amides is 1. The van der Waals surface area contributed by atoms with Crippen LogP contribution in [0.3, 0.4) is 0 Å². The van der Waals surface area contributed by atoms with Crippen LogP contribution < -0.4 is 10.9 Å². The van der Waals surface area contributed by atoms with Gasteiger partial charge in [-0.3, -0.25) is 14.2 Å². The van der Waals surface area contributed by atoms with Gasteiger partial charge in [0.1, 0.15) is 18.3 Å². The van der Waals surface area contributed by atoms with Crippen LogP contribution in [0.2, 0.25) is 0 Å². The van der Waals surface area contributed by atoms with Gasteiger partial charge in [0.15, 0.2) is 11.6 Å². The largest absolute Gasteiger partial charge is 0.467 e. The predicted octanol–water partition coefficient (Wildman–Crippen LogP) is 1.88. The predicted molar refractivity (Wildman–Crippen MR) is 105 cm³/mol. The molecule has 156 valence electrons. The third kappa shape index (κ3) is 4.51. The Kier molecular flexibility index (Phi) is 6.20. The van der Waals surface area contributed by atoms with Crippen molar-refractivity contribution in [3.8, 4) is 0 Å². The van der Waals surface area contributed by atoms with E-state index >= 15 is 0 Å². The summed E-state index contributed by atoms with van der Waals surface area (Å²) in [6.45, 7) is 0.899. The van der Waals surface area contributed by atoms with Crippen LogP contribution in [-0.4, -0.2) is 34.6 Å². The van der Waals surface area contributed by atoms with Crippen molar-refractivity contribution >= 4 is 22.9 Å². The second-order valence-electron chi connectivity index (χ2n) is 6.68. The molecule has 0 saturated heterocycles. The van der Waals surface area contributed by atoms with Gasteiger partial charge >= 0.3 is 5.97 Å². The first-order chi connectivity index (χ1) is 14.3. The number of halogens is 2. The number of nitrogens with one attached hydrogen (secondary N) is 1. The van der Waals surface area contributed by atoms with Crippen molar-refractivity contribution in [2.45, 2.75) is 25.9 Å². The molecule has 2 aromatic carbocycles. The zero-order chi connectivity index (χ0) is 21.8. The summed E-state index contributed by atoms with van der Waals surface area (Å²) in [6.07, 6.45) is 0.185. The minimum absolute atomic E-state index is 0.0233. The van der Waals surface area contributed by atoms with Gasteiger partial charge < -0.3 is 10.1 Å². The summed E-state index contributed by atoms with van der Waals surface area (Å²) >= 11 is 0. The number of aromatic nitrogens is 2. The number of carbonyl (C=O) groups excluding carboxylic acids is 2. The number of esters is 1. The molecule has 0 spiro atoms. The summed E-state index contributed by atoms with van der Waals surface area (Å²) in [7, 11) is 1.20. The molecule has 9 heteroatoms. The van der Waals surface area contributed by atoms with Gasteiger partial charge in [-0.25, -0.2) is 18.6 Å². The topological polar surface area (TPSA) is 90.3 Å². The fraction of sp³-hybridized carbons (Fsp3) is 0.238. The number of hydrogen-bond donors (Lipinski definition) is 1. The molecule has 1 atom stereocenters. The number of carbonyl (C=O) groups is 2. The molecule has 1 heterocycles. The highest BCUT2D eigenvalue weighted by molar-refractivity contribution is 5.85. The van der Waals surface area contributed by atoms with E-state index in [2.05, 4.69) is 10.3 Å². The van der Waals surface area contributed by atoms with Crippen LogP contribution in [0.1, 0.15) is 11.3 Å². The summed E-state index contributed by atoms with van der Waals surface area (Å²) in [5.41, 5.74) is 0.203. The van der Waals surface area contributed by atoms with Gasteiger partial charge in [-0.05, 0) is 12.5 Å².